The molecular weight excluding hydrogens is 214 g/mol. The molecule has 0 aromatic carbocycles. The third kappa shape index (κ3) is 6.63. The molecule has 92 valence electrons. The molecular formula is C9H17N3O4. The first-order valence-corrected chi connectivity index (χ1v) is 4.71. The molecule has 0 bridgehead atoms. The van der Waals surface area contributed by atoms with Gasteiger partial charge in [-0.15, -0.1) is 0 Å². The van der Waals surface area contributed by atoms with Gasteiger partial charge in [0.05, 0.1) is 6.42 Å². The van der Waals surface area contributed by atoms with Gasteiger partial charge < -0.3 is 21.5 Å². The number of nitrogens with two attached hydrogens (primary N) is 1. The van der Waals surface area contributed by atoms with E-state index in [4.69, 9.17) is 10.8 Å². The summed E-state index contributed by atoms with van der Waals surface area (Å²) in [7, 11) is 0. The Kier molecular flexibility index (Phi) is 4.74. The molecule has 3 amide bonds. The fourth-order valence-corrected chi connectivity index (χ4v) is 0.936. The zero-order valence-corrected chi connectivity index (χ0v) is 9.53. The summed E-state index contributed by atoms with van der Waals surface area (Å²) in [5.41, 5.74) is 4.37. The molecule has 0 spiro atoms. The quantitative estimate of drug-likeness (QED) is 0.516. The number of carboxylic acid groups (broad SMARTS) is 1. The van der Waals surface area contributed by atoms with Crippen LogP contribution in [-0.4, -0.2) is 34.6 Å². The summed E-state index contributed by atoms with van der Waals surface area (Å²) in [6.45, 7) is 5.24. The molecule has 0 saturated carbocycles. The molecule has 0 aliphatic carbocycles. The van der Waals surface area contributed by atoms with E-state index in [1.165, 1.54) is 0 Å². The van der Waals surface area contributed by atoms with Gasteiger partial charge >= 0.3 is 12.0 Å². The van der Waals surface area contributed by atoms with Crippen LogP contribution in [0.5, 0.6) is 0 Å². The molecule has 0 aliphatic heterocycles. The van der Waals surface area contributed by atoms with Crippen molar-refractivity contribution in [3.63, 3.8) is 0 Å². The van der Waals surface area contributed by atoms with Crippen molar-refractivity contribution in [2.24, 2.45) is 5.73 Å². The molecule has 0 unspecified atom stereocenters. The van der Waals surface area contributed by atoms with Gasteiger partial charge in [0.2, 0.25) is 5.91 Å². The predicted octanol–water partition coefficient (Wildman–Crippen LogP) is -0.587. The average molecular weight is 231 g/mol. The molecule has 0 heterocycles. The molecule has 0 rings (SSSR count). The summed E-state index contributed by atoms with van der Waals surface area (Å²) >= 11 is 0. The van der Waals surface area contributed by atoms with Crippen molar-refractivity contribution < 1.29 is 19.5 Å². The Balaban J connectivity index is 4.35. The van der Waals surface area contributed by atoms with Crippen LogP contribution in [0, 0.1) is 0 Å². The van der Waals surface area contributed by atoms with Crippen molar-refractivity contribution in [2.45, 2.75) is 38.8 Å². The SMILES string of the molecule is CC(C)(C)NC(=O)N[C@H](CC(N)=O)C(=O)O. The van der Waals surface area contributed by atoms with E-state index in [1.54, 1.807) is 20.8 Å². The number of amides is 3. The van der Waals surface area contributed by atoms with Crippen molar-refractivity contribution in [2.75, 3.05) is 0 Å². The number of hydrogen-bond acceptors (Lipinski definition) is 3. The van der Waals surface area contributed by atoms with Crippen molar-refractivity contribution in [3.05, 3.63) is 0 Å². The summed E-state index contributed by atoms with van der Waals surface area (Å²) in [6.07, 6.45) is -0.438. The van der Waals surface area contributed by atoms with Gasteiger partial charge in [0, 0.05) is 5.54 Å². The van der Waals surface area contributed by atoms with E-state index in [-0.39, 0.29) is 0 Å². The number of carbonyl (C=O) groups excluding carboxylic acids is 2. The van der Waals surface area contributed by atoms with Crippen LogP contribution < -0.4 is 16.4 Å². The van der Waals surface area contributed by atoms with Crippen molar-refractivity contribution >= 4 is 17.9 Å². The lowest BCUT2D eigenvalue weighted by Gasteiger charge is -2.22. The maximum atomic E-state index is 11.3. The van der Waals surface area contributed by atoms with Crippen molar-refractivity contribution in [1.29, 1.82) is 0 Å². The van der Waals surface area contributed by atoms with Crippen LogP contribution in [0.4, 0.5) is 4.79 Å². The van der Waals surface area contributed by atoms with Crippen molar-refractivity contribution in [3.8, 4) is 0 Å². The van der Waals surface area contributed by atoms with E-state index in [0.717, 1.165) is 0 Å². The van der Waals surface area contributed by atoms with E-state index in [2.05, 4.69) is 10.6 Å². The second kappa shape index (κ2) is 5.34. The van der Waals surface area contributed by atoms with Gasteiger partial charge in [0.1, 0.15) is 6.04 Å². The molecule has 7 nitrogen and oxygen atoms in total. The van der Waals surface area contributed by atoms with Crippen LogP contribution in [0.3, 0.4) is 0 Å². The Labute approximate surface area is 93.4 Å². The third-order valence-corrected chi connectivity index (χ3v) is 1.50. The number of aliphatic carboxylic acids is 1. The first-order chi connectivity index (χ1) is 7.11. The minimum atomic E-state index is -1.31. The fraction of sp³-hybridized carbons (Fsp3) is 0.667. The van der Waals surface area contributed by atoms with E-state index >= 15 is 0 Å². The normalized spacial score (nSPS) is 12.7. The van der Waals surface area contributed by atoms with E-state index < -0.39 is 35.9 Å². The number of carbonyl (C=O) groups is 3. The number of carboxylic acids is 1. The van der Waals surface area contributed by atoms with Crippen LogP contribution in [0.1, 0.15) is 27.2 Å². The monoisotopic (exact) mass is 231 g/mol. The predicted molar refractivity (Wildman–Crippen MR) is 56.7 cm³/mol. The summed E-state index contributed by atoms with van der Waals surface area (Å²) < 4.78 is 0. The Morgan fingerprint density at radius 2 is 1.81 bits per heavy atom. The minimum absolute atomic E-state index is 0.438. The highest BCUT2D eigenvalue weighted by Gasteiger charge is 2.23. The van der Waals surface area contributed by atoms with Gasteiger partial charge in [0.25, 0.3) is 0 Å². The topological polar surface area (TPSA) is 122 Å². The van der Waals surface area contributed by atoms with Crippen LogP contribution in [-0.2, 0) is 9.59 Å². The zero-order chi connectivity index (χ0) is 12.9. The van der Waals surface area contributed by atoms with Gasteiger partial charge in [-0.25, -0.2) is 9.59 Å². The summed E-state index contributed by atoms with van der Waals surface area (Å²) in [5, 5.41) is 13.4. The number of primary amides is 1. The van der Waals surface area contributed by atoms with Crippen LogP contribution in [0.15, 0.2) is 0 Å². The lowest BCUT2D eigenvalue weighted by Crippen LogP contribution is -2.52. The maximum absolute atomic E-state index is 11.3. The minimum Gasteiger partial charge on any atom is -0.480 e. The molecule has 0 aliphatic rings. The van der Waals surface area contributed by atoms with Crippen LogP contribution in [0.25, 0.3) is 0 Å². The highest BCUT2D eigenvalue weighted by atomic mass is 16.4. The standard InChI is InChI=1S/C9H17N3O4/c1-9(2,3)12-8(16)11-5(7(14)15)4-6(10)13/h5H,4H2,1-3H3,(H2,10,13)(H,14,15)(H2,11,12,16)/t5-/m1/s1. The van der Waals surface area contributed by atoms with Gasteiger partial charge in [-0.1, -0.05) is 0 Å². The molecule has 0 saturated heterocycles. The number of hydrogen-bond donors (Lipinski definition) is 4. The highest BCUT2D eigenvalue weighted by Crippen LogP contribution is 1.99. The van der Waals surface area contributed by atoms with Gasteiger partial charge in [-0.2, -0.15) is 0 Å². The second-order valence-corrected chi connectivity index (χ2v) is 4.41. The summed E-state index contributed by atoms with van der Waals surface area (Å²) in [6, 6.07) is -1.96. The lowest BCUT2D eigenvalue weighted by atomic mass is 10.1. The van der Waals surface area contributed by atoms with E-state index in [0.29, 0.717) is 0 Å². The average Bonchev–Trinajstić information content (AvgIpc) is 1.97. The summed E-state index contributed by atoms with van der Waals surface area (Å²) in [5.74, 6) is -2.09. The molecule has 0 fully saturated rings. The van der Waals surface area contributed by atoms with Crippen molar-refractivity contribution in [1.82, 2.24) is 10.6 Å². The fourth-order valence-electron chi connectivity index (χ4n) is 0.936. The molecule has 0 radical (unpaired) electrons. The third-order valence-electron chi connectivity index (χ3n) is 1.50. The molecule has 0 aromatic rings. The second-order valence-electron chi connectivity index (χ2n) is 4.41. The Morgan fingerprint density at radius 1 is 1.31 bits per heavy atom. The number of nitrogens with one attached hydrogen (secondary N) is 2. The Hall–Kier alpha value is -1.79. The van der Waals surface area contributed by atoms with Gasteiger partial charge in [-0.3, -0.25) is 4.79 Å². The molecule has 1 atom stereocenters. The summed E-state index contributed by atoms with van der Waals surface area (Å²) in [4.78, 5) is 32.6. The van der Waals surface area contributed by atoms with E-state index in [9.17, 15) is 14.4 Å². The van der Waals surface area contributed by atoms with E-state index in [1.807, 2.05) is 0 Å². The molecule has 16 heavy (non-hydrogen) atoms. The number of rotatable bonds is 4. The largest absolute Gasteiger partial charge is 0.480 e. The molecule has 5 N–H and O–H groups in total. The Morgan fingerprint density at radius 3 is 2.12 bits per heavy atom. The first kappa shape index (κ1) is 14.2. The number of urea groups is 1. The van der Waals surface area contributed by atoms with Gasteiger partial charge in [-0.05, 0) is 20.8 Å². The smallest absolute Gasteiger partial charge is 0.326 e. The Bertz CT molecular complexity index is 296. The van der Waals surface area contributed by atoms with Crippen LogP contribution in [0.2, 0.25) is 0 Å². The molecule has 0 aromatic heterocycles. The maximum Gasteiger partial charge on any atom is 0.326 e. The van der Waals surface area contributed by atoms with Crippen LogP contribution >= 0.6 is 0 Å². The first-order valence-electron chi connectivity index (χ1n) is 4.71. The zero-order valence-electron chi connectivity index (χ0n) is 9.53. The van der Waals surface area contributed by atoms with Gasteiger partial charge in [0.15, 0.2) is 0 Å². The highest BCUT2D eigenvalue weighted by molar-refractivity contribution is 5.87. The lowest BCUT2D eigenvalue weighted by molar-refractivity contribution is -0.140. The molecule has 7 heteroatoms.